The van der Waals surface area contributed by atoms with Crippen LogP contribution in [-0.4, -0.2) is 5.78 Å². The monoisotopic (exact) mass is 380 g/mol. The Bertz CT molecular complexity index is 673. The van der Waals surface area contributed by atoms with Crippen molar-refractivity contribution in [2.24, 2.45) is 0 Å². The van der Waals surface area contributed by atoms with Crippen LogP contribution in [0.3, 0.4) is 0 Å². The summed E-state index contributed by atoms with van der Waals surface area (Å²) in [5.74, 6) is -1.22. The predicted octanol–water partition coefficient (Wildman–Crippen LogP) is 5.78. The molecule has 0 aliphatic rings. The molecule has 0 aliphatic heterocycles. The largest absolute Gasteiger partial charge is 0.288 e. The van der Waals surface area contributed by atoms with Gasteiger partial charge in [-0.3, -0.25) is 4.79 Å². The van der Waals surface area contributed by atoms with Gasteiger partial charge in [-0.05, 0) is 46.3 Å². The van der Waals surface area contributed by atoms with Crippen molar-refractivity contribution in [3.8, 4) is 0 Å². The zero-order valence-electron chi connectivity index (χ0n) is 9.18. The van der Waals surface area contributed by atoms with E-state index in [4.69, 9.17) is 34.8 Å². The highest BCUT2D eigenvalue weighted by Crippen LogP contribution is 2.29. The Morgan fingerprint density at radius 3 is 2.32 bits per heavy atom. The Hall–Kier alpha value is -0.610. The molecule has 6 heteroatoms. The molecule has 0 heterocycles. The smallest absolute Gasteiger partial charge is 0.197 e. The van der Waals surface area contributed by atoms with E-state index in [2.05, 4.69) is 15.9 Å². The van der Waals surface area contributed by atoms with Crippen molar-refractivity contribution in [1.29, 1.82) is 0 Å². The van der Waals surface area contributed by atoms with Gasteiger partial charge in [0.15, 0.2) is 5.78 Å². The van der Waals surface area contributed by atoms with Gasteiger partial charge in [-0.15, -0.1) is 0 Å². The first-order chi connectivity index (χ1) is 8.90. The topological polar surface area (TPSA) is 17.1 Å². The molecule has 0 radical (unpaired) electrons. The second-order valence-corrected chi connectivity index (χ2v) is 5.80. The number of hydrogen-bond donors (Lipinski definition) is 0. The minimum atomic E-state index is -0.674. The van der Waals surface area contributed by atoms with Crippen LogP contribution in [-0.2, 0) is 0 Å². The Morgan fingerprint density at radius 1 is 1.00 bits per heavy atom. The van der Waals surface area contributed by atoms with Crippen LogP contribution in [0.25, 0.3) is 0 Å². The van der Waals surface area contributed by atoms with Gasteiger partial charge in [0, 0.05) is 15.1 Å². The lowest BCUT2D eigenvalue weighted by Gasteiger charge is -2.07. The van der Waals surface area contributed by atoms with E-state index < -0.39 is 11.6 Å². The summed E-state index contributed by atoms with van der Waals surface area (Å²) in [5, 5.41) is 0.807. The molecule has 98 valence electrons. The maximum absolute atomic E-state index is 13.8. The van der Waals surface area contributed by atoms with E-state index in [1.807, 2.05) is 0 Å². The normalized spacial score (nSPS) is 10.6. The molecule has 0 aromatic heterocycles. The molecule has 0 bridgehead atoms. The van der Waals surface area contributed by atoms with Gasteiger partial charge in [-0.1, -0.05) is 34.8 Å². The average Bonchev–Trinajstić information content (AvgIpc) is 2.33. The summed E-state index contributed by atoms with van der Waals surface area (Å²) in [6.07, 6.45) is 0. The van der Waals surface area contributed by atoms with Gasteiger partial charge in [0.2, 0.25) is 0 Å². The maximum Gasteiger partial charge on any atom is 0.197 e. The Kier molecular flexibility index (Phi) is 4.51. The summed E-state index contributed by atoms with van der Waals surface area (Å²) in [7, 11) is 0. The van der Waals surface area contributed by atoms with Crippen molar-refractivity contribution in [2.45, 2.75) is 0 Å². The molecule has 0 aliphatic carbocycles. The summed E-state index contributed by atoms with van der Waals surface area (Å²) in [4.78, 5) is 12.2. The molecule has 0 atom stereocenters. The van der Waals surface area contributed by atoms with Crippen LogP contribution >= 0.6 is 50.7 Å². The van der Waals surface area contributed by atoms with Crippen LogP contribution < -0.4 is 0 Å². The van der Waals surface area contributed by atoms with E-state index in [0.29, 0.717) is 9.50 Å². The quantitative estimate of drug-likeness (QED) is 0.475. The lowest BCUT2D eigenvalue weighted by Crippen LogP contribution is -2.05. The summed E-state index contributed by atoms with van der Waals surface area (Å²) in [6, 6.07) is 6.78. The van der Waals surface area contributed by atoms with Gasteiger partial charge >= 0.3 is 0 Å². The fourth-order valence-corrected chi connectivity index (χ4v) is 2.49. The third kappa shape index (κ3) is 3.11. The maximum atomic E-state index is 13.8. The second-order valence-electron chi connectivity index (χ2n) is 3.70. The number of carbonyl (C=O) groups excluding carboxylic acids is 1. The summed E-state index contributed by atoms with van der Waals surface area (Å²) in [6.45, 7) is 0. The molecule has 2 rings (SSSR count). The Morgan fingerprint density at radius 2 is 1.68 bits per heavy atom. The van der Waals surface area contributed by atoms with Crippen molar-refractivity contribution in [2.75, 3.05) is 0 Å². The zero-order chi connectivity index (χ0) is 14.2. The molecule has 0 spiro atoms. The lowest BCUT2D eigenvalue weighted by atomic mass is 10.0. The number of hydrogen-bond acceptors (Lipinski definition) is 1. The molecule has 0 fully saturated rings. The highest BCUT2D eigenvalue weighted by atomic mass is 79.9. The number of rotatable bonds is 2. The number of halogens is 5. The van der Waals surface area contributed by atoms with E-state index >= 15 is 0 Å². The number of ketones is 1. The fraction of sp³-hybridized carbons (Fsp3) is 0. The first-order valence-corrected chi connectivity index (χ1v) is 6.97. The Balaban J connectivity index is 2.53. The molecule has 0 saturated carbocycles. The van der Waals surface area contributed by atoms with Crippen LogP contribution in [0.2, 0.25) is 15.1 Å². The Labute approximate surface area is 132 Å². The van der Waals surface area contributed by atoms with Crippen LogP contribution in [0.15, 0.2) is 34.8 Å². The van der Waals surface area contributed by atoms with Gasteiger partial charge in [-0.2, -0.15) is 0 Å². The molecule has 0 N–H and O–H groups in total. The standard InChI is InChI=1S/C13H5BrCl3FO/c14-9-5-12(18)8(4-11(9)17)13(19)7-2-1-6(15)3-10(7)16/h1-5H. The van der Waals surface area contributed by atoms with E-state index in [1.165, 1.54) is 24.3 Å². The van der Waals surface area contributed by atoms with Gasteiger partial charge < -0.3 is 0 Å². The molecule has 2 aromatic carbocycles. The third-order valence-electron chi connectivity index (χ3n) is 2.43. The predicted molar refractivity (Wildman–Crippen MR) is 79.0 cm³/mol. The molecule has 0 unspecified atom stereocenters. The molecule has 1 nitrogen and oxygen atoms in total. The van der Waals surface area contributed by atoms with Crippen LogP contribution in [0, 0.1) is 5.82 Å². The van der Waals surface area contributed by atoms with Crippen molar-refractivity contribution < 1.29 is 9.18 Å². The lowest BCUT2D eigenvalue weighted by molar-refractivity contribution is 0.103. The molecule has 19 heavy (non-hydrogen) atoms. The summed E-state index contributed by atoms with van der Waals surface area (Å²) in [5.41, 5.74) is 0.0285. The van der Waals surface area contributed by atoms with Crippen LogP contribution in [0.5, 0.6) is 0 Å². The first kappa shape index (κ1) is 14.8. The van der Waals surface area contributed by atoms with E-state index in [0.717, 1.165) is 6.07 Å². The van der Waals surface area contributed by atoms with Crippen LogP contribution in [0.1, 0.15) is 15.9 Å². The van der Waals surface area contributed by atoms with E-state index in [-0.39, 0.29) is 21.2 Å². The van der Waals surface area contributed by atoms with E-state index in [9.17, 15) is 9.18 Å². The van der Waals surface area contributed by atoms with E-state index in [1.54, 1.807) is 0 Å². The summed E-state index contributed by atoms with van der Waals surface area (Å²) >= 11 is 20.6. The van der Waals surface area contributed by atoms with Gasteiger partial charge in [0.1, 0.15) is 5.82 Å². The second kappa shape index (κ2) is 5.80. The minimum Gasteiger partial charge on any atom is -0.288 e. The van der Waals surface area contributed by atoms with Crippen LogP contribution in [0.4, 0.5) is 4.39 Å². The molecule has 2 aromatic rings. The number of benzene rings is 2. The van der Waals surface area contributed by atoms with Crippen molar-refractivity contribution >= 4 is 56.5 Å². The van der Waals surface area contributed by atoms with Crippen molar-refractivity contribution in [1.82, 2.24) is 0 Å². The van der Waals surface area contributed by atoms with Crippen molar-refractivity contribution in [3.05, 3.63) is 66.8 Å². The summed E-state index contributed by atoms with van der Waals surface area (Å²) < 4.78 is 14.2. The average molecular weight is 382 g/mol. The molecular formula is C13H5BrCl3FO. The zero-order valence-corrected chi connectivity index (χ0v) is 13.0. The molecule has 0 amide bonds. The van der Waals surface area contributed by atoms with Gasteiger partial charge in [-0.25, -0.2) is 4.39 Å². The highest BCUT2D eigenvalue weighted by molar-refractivity contribution is 9.10. The first-order valence-electron chi connectivity index (χ1n) is 5.04. The SMILES string of the molecule is O=C(c1cc(Cl)c(Br)cc1F)c1ccc(Cl)cc1Cl. The number of carbonyl (C=O) groups is 1. The van der Waals surface area contributed by atoms with Crippen molar-refractivity contribution in [3.63, 3.8) is 0 Å². The minimum absolute atomic E-state index is 0.141. The highest BCUT2D eigenvalue weighted by Gasteiger charge is 2.18. The molecular weight excluding hydrogens is 377 g/mol. The molecule has 0 saturated heterocycles. The van der Waals surface area contributed by atoms with Gasteiger partial charge in [0.25, 0.3) is 0 Å². The van der Waals surface area contributed by atoms with Gasteiger partial charge in [0.05, 0.1) is 15.6 Å². The fourth-order valence-electron chi connectivity index (χ4n) is 1.52. The third-order valence-corrected chi connectivity index (χ3v) is 4.18.